The van der Waals surface area contributed by atoms with E-state index in [0.29, 0.717) is 28.7 Å². The number of hydrogen-bond acceptors (Lipinski definition) is 4. The molecule has 0 spiro atoms. The molecule has 2 aromatic heterocycles. The molecule has 0 atom stereocenters. The van der Waals surface area contributed by atoms with Gasteiger partial charge in [0.05, 0.1) is 12.1 Å². The molecule has 0 amide bonds. The normalized spacial score (nSPS) is 11.1. The van der Waals surface area contributed by atoms with E-state index in [9.17, 15) is 0 Å². The summed E-state index contributed by atoms with van der Waals surface area (Å²) in [6.45, 7) is 7.60. The van der Waals surface area contributed by atoms with E-state index in [-0.39, 0.29) is 0 Å². The molecule has 57 heavy (non-hydrogen) atoms. The standard InChI is InChI=1S/C52H32N4O/c1-53-42-27-15-25-39(31-42)38-24-14-26-40(30-38)43-28-29-44(52-55-50(36-20-10-4-11-21-36)54-51(56-52)37-22-12-5-13-23-37)49-47(43)46-33-41(34-16-6-2-7-17-34)32-45(48(46)57-49)35-18-8-3-9-19-35/h2-33H. The van der Waals surface area contributed by atoms with Crippen LogP contribution < -0.4 is 0 Å². The van der Waals surface area contributed by atoms with Gasteiger partial charge in [0.25, 0.3) is 0 Å². The van der Waals surface area contributed by atoms with Crippen molar-refractivity contribution < 1.29 is 4.42 Å². The lowest BCUT2D eigenvalue weighted by Gasteiger charge is -2.12. The number of fused-ring (bicyclic) bond motifs is 3. The Hall–Kier alpha value is -7.94. The van der Waals surface area contributed by atoms with Crippen LogP contribution in [0.1, 0.15) is 0 Å². The van der Waals surface area contributed by atoms with Crippen LogP contribution in [0.15, 0.2) is 199 Å². The van der Waals surface area contributed by atoms with Gasteiger partial charge >= 0.3 is 0 Å². The van der Waals surface area contributed by atoms with Crippen molar-refractivity contribution in [3.8, 4) is 78.7 Å². The fourth-order valence-electron chi connectivity index (χ4n) is 7.58. The van der Waals surface area contributed by atoms with E-state index in [1.54, 1.807) is 0 Å². The Balaban J connectivity index is 1.29. The average molecular weight is 729 g/mol. The van der Waals surface area contributed by atoms with Crippen LogP contribution in [0.5, 0.6) is 0 Å². The van der Waals surface area contributed by atoms with Crippen molar-refractivity contribution in [2.24, 2.45) is 0 Å². The van der Waals surface area contributed by atoms with Crippen LogP contribution in [0.2, 0.25) is 0 Å². The Morgan fingerprint density at radius 1 is 0.351 bits per heavy atom. The molecule has 266 valence electrons. The molecular formula is C52H32N4O. The first-order valence-corrected chi connectivity index (χ1v) is 18.8. The predicted molar refractivity (Wildman–Crippen MR) is 231 cm³/mol. The van der Waals surface area contributed by atoms with Gasteiger partial charge in [-0.1, -0.05) is 164 Å². The van der Waals surface area contributed by atoms with Gasteiger partial charge in [0.15, 0.2) is 23.2 Å². The summed E-state index contributed by atoms with van der Waals surface area (Å²) in [5.74, 6) is 1.68. The molecule has 5 nitrogen and oxygen atoms in total. The largest absolute Gasteiger partial charge is 0.455 e. The van der Waals surface area contributed by atoms with Crippen LogP contribution in [-0.4, -0.2) is 15.0 Å². The van der Waals surface area contributed by atoms with Crippen molar-refractivity contribution in [2.75, 3.05) is 0 Å². The molecule has 0 aliphatic heterocycles. The summed E-state index contributed by atoms with van der Waals surface area (Å²) >= 11 is 0. The van der Waals surface area contributed by atoms with Gasteiger partial charge in [-0.2, -0.15) is 0 Å². The van der Waals surface area contributed by atoms with E-state index in [2.05, 4.69) is 102 Å². The minimum atomic E-state index is 0.521. The molecular weight excluding hydrogens is 697 g/mol. The predicted octanol–water partition coefficient (Wildman–Crippen LogP) is 14.0. The van der Waals surface area contributed by atoms with E-state index < -0.39 is 0 Å². The number of nitrogens with zero attached hydrogens (tertiary/aromatic N) is 4. The highest BCUT2D eigenvalue weighted by Gasteiger charge is 2.23. The molecule has 0 aliphatic carbocycles. The summed E-state index contributed by atoms with van der Waals surface area (Å²) in [6.07, 6.45) is 0. The third-order valence-electron chi connectivity index (χ3n) is 10.3. The first-order valence-electron chi connectivity index (χ1n) is 18.8. The number of rotatable bonds is 7. The highest BCUT2D eigenvalue weighted by molar-refractivity contribution is 6.19. The van der Waals surface area contributed by atoms with E-state index >= 15 is 0 Å². The Morgan fingerprint density at radius 3 is 1.49 bits per heavy atom. The molecule has 0 aliphatic rings. The van der Waals surface area contributed by atoms with Crippen molar-refractivity contribution in [3.05, 3.63) is 206 Å². The van der Waals surface area contributed by atoms with E-state index in [0.717, 1.165) is 77.6 Å². The van der Waals surface area contributed by atoms with Crippen LogP contribution in [0, 0.1) is 6.57 Å². The average Bonchev–Trinajstić information content (AvgIpc) is 3.69. The SMILES string of the molecule is [C-]#[N+]c1cccc(-c2cccc(-c3ccc(-c4nc(-c5ccccc5)nc(-c5ccccc5)n4)c4oc5c(-c6ccccc6)cc(-c6ccccc6)cc5c34)c2)c1. The highest BCUT2D eigenvalue weighted by atomic mass is 16.3. The Morgan fingerprint density at radius 2 is 0.860 bits per heavy atom. The van der Waals surface area contributed by atoms with E-state index in [1.165, 1.54) is 0 Å². The second-order valence-corrected chi connectivity index (χ2v) is 13.9. The van der Waals surface area contributed by atoms with E-state index in [1.807, 2.05) is 97.1 Å². The maximum absolute atomic E-state index is 7.60. The van der Waals surface area contributed by atoms with Gasteiger partial charge in [-0.25, -0.2) is 19.8 Å². The van der Waals surface area contributed by atoms with Gasteiger partial charge in [-0.3, -0.25) is 0 Å². The van der Waals surface area contributed by atoms with Gasteiger partial charge < -0.3 is 4.42 Å². The van der Waals surface area contributed by atoms with Crippen molar-refractivity contribution >= 4 is 27.6 Å². The summed E-state index contributed by atoms with van der Waals surface area (Å²) in [5, 5.41) is 1.95. The molecule has 10 rings (SSSR count). The number of furan rings is 1. The Kier molecular flexibility index (Phi) is 8.48. The van der Waals surface area contributed by atoms with Crippen molar-refractivity contribution in [3.63, 3.8) is 0 Å². The summed E-state index contributed by atoms with van der Waals surface area (Å²) in [7, 11) is 0. The van der Waals surface area contributed by atoms with Crippen molar-refractivity contribution in [1.82, 2.24) is 15.0 Å². The number of aromatic nitrogens is 3. The Bertz CT molecular complexity index is 3060. The highest BCUT2D eigenvalue weighted by Crippen LogP contribution is 2.46. The maximum Gasteiger partial charge on any atom is 0.187 e. The zero-order valence-corrected chi connectivity index (χ0v) is 30.7. The lowest BCUT2D eigenvalue weighted by Crippen LogP contribution is -2.00. The maximum atomic E-state index is 7.60. The fraction of sp³-hybridized carbons (Fsp3) is 0. The molecule has 0 radical (unpaired) electrons. The zero-order valence-electron chi connectivity index (χ0n) is 30.7. The summed E-state index contributed by atoms with van der Waals surface area (Å²) in [6, 6.07) is 65.9. The molecule has 0 bridgehead atoms. The monoisotopic (exact) mass is 728 g/mol. The molecule has 0 unspecified atom stereocenters. The third-order valence-corrected chi connectivity index (χ3v) is 10.3. The molecule has 0 saturated heterocycles. The Labute approximate surface area is 330 Å². The molecule has 5 heteroatoms. The summed E-state index contributed by atoms with van der Waals surface area (Å²) < 4.78 is 7.18. The number of benzene rings is 8. The topological polar surface area (TPSA) is 56.2 Å². The van der Waals surface area contributed by atoms with Gasteiger partial charge in [0.1, 0.15) is 11.2 Å². The number of hydrogen-bond donors (Lipinski definition) is 0. The molecule has 0 N–H and O–H groups in total. The van der Waals surface area contributed by atoms with Crippen LogP contribution in [0.4, 0.5) is 5.69 Å². The first kappa shape index (κ1) is 33.6. The van der Waals surface area contributed by atoms with E-state index in [4.69, 9.17) is 25.9 Å². The quantitative estimate of drug-likeness (QED) is 0.153. The second kappa shape index (κ2) is 14.4. The molecule has 2 heterocycles. The van der Waals surface area contributed by atoms with Gasteiger partial charge in [-0.15, -0.1) is 0 Å². The van der Waals surface area contributed by atoms with Crippen LogP contribution in [0.25, 0.3) is 105 Å². The zero-order chi connectivity index (χ0) is 38.1. The second-order valence-electron chi connectivity index (χ2n) is 13.9. The minimum absolute atomic E-state index is 0.521. The summed E-state index contributed by atoms with van der Waals surface area (Å²) in [4.78, 5) is 18.9. The molecule has 10 aromatic rings. The lowest BCUT2D eigenvalue weighted by atomic mass is 9.91. The molecule has 8 aromatic carbocycles. The smallest absolute Gasteiger partial charge is 0.187 e. The van der Waals surface area contributed by atoms with Crippen LogP contribution >= 0.6 is 0 Å². The van der Waals surface area contributed by atoms with Crippen LogP contribution in [-0.2, 0) is 0 Å². The van der Waals surface area contributed by atoms with Gasteiger partial charge in [0.2, 0.25) is 0 Å². The van der Waals surface area contributed by atoms with Crippen LogP contribution in [0.3, 0.4) is 0 Å². The third kappa shape index (κ3) is 6.32. The van der Waals surface area contributed by atoms with Crippen molar-refractivity contribution in [1.29, 1.82) is 0 Å². The van der Waals surface area contributed by atoms with Gasteiger partial charge in [0, 0.05) is 27.5 Å². The fourth-order valence-corrected chi connectivity index (χ4v) is 7.58. The lowest BCUT2D eigenvalue weighted by molar-refractivity contribution is 0.670. The first-order chi connectivity index (χ1) is 28.2. The minimum Gasteiger partial charge on any atom is -0.455 e. The van der Waals surface area contributed by atoms with Crippen molar-refractivity contribution in [2.45, 2.75) is 0 Å². The molecule has 0 fully saturated rings. The van der Waals surface area contributed by atoms with Gasteiger partial charge in [-0.05, 0) is 69.3 Å². The molecule has 0 saturated carbocycles. The summed E-state index contributed by atoms with van der Waals surface area (Å²) in [5.41, 5.74) is 12.9.